The zero-order valence-corrected chi connectivity index (χ0v) is 11.6. The number of nitriles is 1. The van der Waals surface area contributed by atoms with E-state index < -0.39 is 0 Å². The summed E-state index contributed by atoms with van der Waals surface area (Å²) in [5.74, 6) is 0.764. The number of hydrogen-bond acceptors (Lipinski definition) is 2. The molecule has 1 atom stereocenters. The second-order valence-corrected chi connectivity index (χ2v) is 5.94. The van der Waals surface area contributed by atoms with Crippen molar-refractivity contribution in [2.24, 2.45) is 11.3 Å². The van der Waals surface area contributed by atoms with E-state index in [1.807, 2.05) is 13.8 Å². The van der Waals surface area contributed by atoms with Gasteiger partial charge in [-0.05, 0) is 52.5 Å². The van der Waals surface area contributed by atoms with Crippen molar-refractivity contribution in [3.63, 3.8) is 0 Å². The molecule has 2 heteroatoms. The molecule has 1 N–H and O–H groups in total. The van der Waals surface area contributed by atoms with Crippen LogP contribution in [0.2, 0.25) is 0 Å². The summed E-state index contributed by atoms with van der Waals surface area (Å²) in [7, 11) is 0. The number of rotatable bonds is 8. The monoisotopic (exact) mass is 224 g/mol. The summed E-state index contributed by atoms with van der Waals surface area (Å²) in [6.45, 7) is 11.9. The number of nitrogens with one attached hydrogen (secondary N) is 1. The quantitative estimate of drug-likeness (QED) is 0.638. The van der Waals surface area contributed by atoms with Gasteiger partial charge in [0.25, 0.3) is 0 Å². The van der Waals surface area contributed by atoms with Gasteiger partial charge >= 0.3 is 0 Å². The normalized spacial score (nSPS) is 13.8. The van der Waals surface area contributed by atoms with Crippen molar-refractivity contribution in [3.05, 3.63) is 0 Å². The van der Waals surface area contributed by atoms with Gasteiger partial charge in [0.2, 0.25) is 0 Å². The maximum absolute atomic E-state index is 8.87. The molecule has 1 unspecified atom stereocenters. The maximum Gasteiger partial charge on any atom is 0.0683 e. The predicted molar refractivity (Wildman–Crippen MR) is 70.2 cm³/mol. The molecule has 0 saturated heterocycles. The van der Waals surface area contributed by atoms with Crippen LogP contribution in [0.3, 0.4) is 0 Å². The smallest absolute Gasteiger partial charge is 0.0683 e. The Morgan fingerprint density at radius 1 is 1.19 bits per heavy atom. The Labute approximate surface area is 101 Å². The second kappa shape index (κ2) is 7.68. The standard InChI is InChI=1S/C14H28N2/c1-12(2)10-13(3)16-9-7-6-8-14(4,5)11-15/h12-13,16H,6-10H2,1-5H3. The molecule has 0 spiro atoms. The van der Waals surface area contributed by atoms with E-state index in [1.165, 1.54) is 12.8 Å². The molecular weight excluding hydrogens is 196 g/mol. The Balaban J connectivity index is 3.44. The summed E-state index contributed by atoms with van der Waals surface area (Å²) in [6, 6.07) is 2.96. The molecule has 0 heterocycles. The largest absolute Gasteiger partial charge is 0.314 e. The molecule has 0 aromatic heterocycles. The van der Waals surface area contributed by atoms with Crippen molar-refractivity contribution in [2.45, 2.75) is 66.3 Å². The lowest BCUT2D eigenvalue weighted by atomic mass is 9.89. The molecule has 16 heavy (non-hydrogen) atoms. The van der Waals surface area contributed by atoms with E-state index in [-0.39, 0.29) is 5.41 Å². The highest BCUT2D eigenvalue weighted by Gasteiger charge is 2.15. The van der Waals surface area contributed by atoms with Gasteiger partial charge in [0.1, 0.15) is 0 Å². The van der Waals surface area contributed by atoms with Crippen LogP contribution in [0.1, 0.15) is 60.3 Å². The third kappa shape index (κ3) is 8.73. The van der Waals surface area contributed by atoms with Crippen molar-refractivity contribution < 1.29 is 0 Å². The summed E-state index contributed by atoms with van der Waals surface area (Å²) in [6.07, 6.45) is 4.56. The van der Waals surface area contributed by atoms with Crippen LogP contribution in [0, 0.1) is 22.7 Å². The van der Waals surface area contributed by atoms with E-state index in [4.69, 9.17) is 5.26 Å². The van der Waals surface area contributed by atoms with Crippen molar-refractivity contribution >= 4 is 0 Å². The van der Waals surface area contributed by atoms with Gasteiger partial charge in [-0.1, -0.05) is 20.3 Å². The maximum atomic E-state index is 8.87. The molecular formula is C14H28N2. The first-order valence-electron chi connectivity index (χ1n) is 6.52. The molecule has 0 aliphatic carbocycles. The highest BCUT2D eigenvalue weighted by atomic mass is 14.9. The highest BCUT2D eigenvalue weighted by molar-refractivity contribution is 4.91. The van der Waals surface area contributed by atoms with Crippen molar-refractivity contribution in [1.29, 1.82) is 5.26 Å². The molecule has 0 aliphatic rings. The Morgan fingerprint density at radius 2 is 1.81 bits per heavy atom. The average molecular weight is 224 g/mol. The van der Waals surface area contributed by atoms with Crippen molar-refractivity contribution in [2.75, 3.05) is 6.54 Å². The third-order valence-electron chi connectivity index (χ3n) is 2.85. The van der Waals surface area contributed by atoms with Gasteiger partial charge in [-0.3, -0.25) is 0 Å². The fourth-order valence-corrected chi connectivity index (χ4v) is 1.89. The topological polar surface area (TPSA) is 35.8 Å². The first kappa shape index (κ1) is 15.4. The van der Waals surface area contributed by atoms with Crippen molar-refractivity contribution in [1.82, 2.24) is 5.32 Å². The molecule has 0 radical (unpaired) electrons. The Hall–Kier alpha value is -0.550. The lowest BCUT2D eigenvalue weighted by Gasteiger charge is -2.17. The fraction of sp³-hybridized carbons (Fsp3) is 0.929. The molecule has 2 nitrogen and oxygen atoms in total. The van der Waals surface area contributed by atoms with E-state index in [0.29, 0.717) is 6.04 Å². The van der Waals surface area contributed by atoms with Gasteiger partial charge in [0.05, 0.1) is 11.5 Å². The molecule has 0 aromatic carbocycles. The van der Waals surface area contributed by atoms with Crippen LogP contribution in [0.15, 0.2) is 0 Å². The van der Waals surface area contributed by atoms with E-state index in [0.717, 1.165) is 25.3 Å². The van der Waals surface area contributed by atoms with Gasteiger partial charge in [-0.25, -0.2) is 0 Å². The van der Waals surface area contributed by atoms with Crippen LogP contribution in [0.5, 0.6) is 0 Å². The summed E-state index contributed by atoms with van der Waals surface area (Å²) in [5, 5.41) is 12.4. The Kier molecular flexibility index (Phi) is 7.42. The molecule has 0 rings (SSSR count). The molecule has 0 amide bonds. The first-order chi connectivity index (χ1) is 7.37. The second-order valence-electron chi connectivity index (χ2n) is 5.94. The number of unbranched alkanes of at least 4 members (excludes halogenated alkanes) is 1. The van der Waals surface area contributed by atoms with Crippen LogP contribution in [0.25, 0.3) is 0 Å². The van der Waals surface area contributed by atoms with Crippen LogP contribution in [-0.2, 0) is 0 Å². The number of nitrogens with zero attached hydrogens (tertiary/aromatic N) is 1. The zero-order chi connectivity index (χ0) is 12.6. The van der Waals surface area contributed by atoms with Crippen LogP contribution < -0.4 is 5.32 Å². The first-order valence-corrected chi connectivity index (χ1v) is 6.52. The summed E-state index contributed by atoms with van der Waals surface area (Å²) in [5.41, 5.74) is -0.149. The Morgan fingerprint density at radius 3 is 2.31 bits per heavy atom. The van der Waals surface area contributed by atoms with E-state index in [9.17, 15) is 0 Å². The summed E-state index contributed by atoms with van der Waals surface area (Å²) in [4.78, 5) is 0. The van der Waals surface area contributed by atoms with Gasteiger partial charge in [-0.2, -0.15) is 5.26 Å². The van der Waals surface area contributed by atoms with Gasteiger partial charge in [0, 0.05) is 6.04 Å². The minimum absolute atomic E-state index is 0.149. The molecule has 0 saturated carbocycles. The SMILES string of the molecule is CC(C)CC(C)NCCCCC(C)(C)C#N. The van der Waals surface area contributed by atoms with Crippen molar-refractivity contribution in [3.8, 4) is 6.07 Å². The average Bonchev–Trinajstić information content (AvgIpc) is 2.16. The summed E-state index contributed by atoms with van der Waals surface area (Å²) >= 11 is 0. The molecule has 0 bridgehead atoms. The van der Waals surface area contributed by atoms with Crippen LogP contribution in [-0.4, -0.2) is 12.6 Å². The predicted octanol–water partition coefficient (Wildman–Crippen LogP) is 3.73. The molecule has 0 fully saturated rings. The van der Waals surface area contributed by atoms with Gasteiger partial charge in [0.15, 0.2) is 0 Å². The lowest BCUT2D eigenvalue weighted by molar-refractivity contribution is 0.402. The van der Waals surface area contributed by atoms with E-state index in [2.05, 4.69) is 32.2 Å². The Bertz CT molecular complexity index is 213. The van der Waals surface area contributed by atoms with Crippen LogP contribution in [0.4, 0.5) is 0 Å². The lowest BCUT2D eigenvalue weighted by Crippen LogP contribution is -2.28. The molecule has 0 aromatic rings. The van der Waals surface area contributed by atoms with Gasteiger partial charge in [-0.15, -0.1) is 0 Å². The zero-order valence-electron chi connectivity index (χ0n) is 11.6. The molecule has 0 aliphatic heterocycles. The summed E-state index contributed by atoms with van der Waals surface area (Å²) < 4.78 is 0. The minimum Gasteiger partial charge on any atom is -0.314 e. The van der Waals surface area contributed by atoms with E-state index in [1.54, 1.807) is 0 Å². The fourth-order valence-electron chi connectivity index (χ4n) is 1.89. The van der Waals surface area contributed by atoms with Crippen LogP contribution >= 0.6 is 0 Å². The number of hydrogen-bond donors (Lipinski definition) is 1. The van der Waals surface area contributed by atoms with E-state index >= 15 is 0 Å². The molecule has 94 valence electrons. The minimum atomic E-state index is -0.149. The van der Waals surface area contributed by atoms with Gasteiger partial charge < -0.3 is 5.32 Å². The third-order valence-corrected chi connectivity index (χ3v) is 2.85. The highest BCUT2D eigenvalue weighted by Crippen LogP contribution is 2.21.